The minimum atomic E-state index is -0.0306. The standard InChI is InChI=1S/C17H32O3/c1-3-5-11-15-16(20-15)12-9-7-6-8-10-13-17(18)19-14-4-2/h15-16H,3-14H2,1-2H3. The van der Waals surface area contributed by atoms with Gasteiger partial charge in [-0.05, 0) is 25.7 Å². The van der Waals surface area contributed by atoms with Crippen LogP contribution in [-0.4, -0.2) is 24.8 Å². The average Bonchev–Trinajstić information content (AvgIpc) is 3.20. The molecule has 0 bridgehead atoms. The molecule has 0 radical (unpaired) electrons. The van der Waals surface area contributed by atoms with Crippen LogP contribution >= 0.6 is 0 Å². The second-order valence-corrected chi connectivity index (χ2v) is 5.88. The van der Waals surface area contributed by atoms with Crippen molar-refractivity contribution in [3.63, 3.8) is 0 Å². The molecular weight excluding hydrogens is 252 g/mol. The van der Waals surface area contributed by atoms with E-state index >= 15 is 0 Å². The molecule has 2 atom stereocenters. The molecule has 0 spiro atoms. The lowest BCUT2D eigenvalue weighted by atomic mass is 10.1. The third-order valence-corrected chi connectivity index (χ3v) is 3.87. The summed E-state index contributed by atoms with van der Waals surface area (Å²) in [6.07, 6.45) is 13.6. The van der Waals surface area contributed by atoms with Crippen molar-refractivity contribution in [1.82, 2.24) is 0 Å². The van der Waals surface area contributed by atoms with Gasteiger partial charge in [0.05, 0.1) is 18.8 Å². The predicted octanol–water partition coefficient (Wildman–Crippen LogP) is 4.63. The summed E-state index contributed by atoms with van der Waals surface area (Å²) < 4.78 is 10.7. The number of carbonyl (C=O) groups is 1. The molecule has 2 unspecified atom stereocenters. The fraction of sp³-hybridized carbons (Fsp3) is 0.941. The lowest BCUT2D eigenvalue weighted by Crippen LogP contribution is -2.04. The zero-order valence-corrected chi connectivity index (χ0v) is 13.4. The van der Waals surface area contributed by atoms with Gasteiger partial charge in [0.1, 0.15) is 0 Å². The predicted molar refractivity (Wildman–Crippen MR) is 81.8 cm³/mol. The summed E-state index contributed by atoms with van der Waals surface area (Å²) in [6.45, 7) is 4.82. The number of esters is 1. The van der Waals surface area contributed by atoms with E-state index in [-0.39, 0.29) is 5.97 Å². The Morgan fingerprint density at radius 1 is 0.900 bits per heavy atom. The Morgan fingerprint density at radius 2 is 1.55 bits per heavy atom. The Balaban J connectivity index is 1.78. The number of carbonyl (C=O) groups excluding carboxylic acids is 1. The molecule has 0 aromatic carbocycles. The Kier molecular flexibility index (Phi) is 9.73. The first-order valence-corrected chi connectivity index (χ1v) is 8.59. The Labute approximate surface area is 124 Å². The number of epoxide rings is 1. The smallest absolute Gasteiger partial charge is 0.305 e. The molecule has 0 amide bonds. The summed E-state index contributed by atoms with van der Waals surface area (Å²) in [5.74, 6) is -0.0306. The van der Waals surface area contributed by atoms with E-state index in [2.05, 4.69) is 6.92 Å². The van der Waals surface area contributed by atoms with E-state index in [0.717, 1.165) is 19.3 Å². The van der Waals surface area contributed by atoms with E-state index in [9.17, 15) is 4.79 Å². The first kappa shape index (κ1) is 17.5. The molecule has 1 aliphatic rings. The summed E-state index contributed by atoms with van der Waals surface area (Å²) in [4.78, 5) is 11.3. The van der Waals surface area contributed by atoms with Crippen LogP contribution in [0.1, 0.15) is 84.5 Å². The van der Waals surface area contributed by atoms with Crippen LogP contribution in [0.25, 0.3) is 0 Å². The van der Waals surface area contributed by atoms with Gasteiger partial charge in [0.2, 0.25) is 0 Å². The molecule has 20 heavy (non-hydrogen) atoms. The second-order valence-electron chi connectivity index (χ2n) is 5.88. The van der Waals surface area contributed by atoms with Crippen LogP contribution in [0.2, 0.25) is 0 Å². The van der Waals surface area contributed by atoms with Gasteiger partial charge in [0, 0.05) is 6.42 Å². The molecule has 1 aliphatic heterocycles. The molecular formula is C17H32O3. The van der Waals surface area contributed by atoms with E-state index in [1.807, 2.05) is 6.92 Å². The first-order valence-electron chi connectivity index (χ1n) is 8.59. The molecule has 1 saturated heterocycles. The number of rotatable bonds is 13. The van der Waals surface area contributed by atoms with Crippen LogP contribution in [0.4, 0.5) is 0 Å². The lowest BCUT2D eigenvalue weighted by Gasteiger charge is -2.03. The Bertz CT molecular complexity index is 253. The quantitative estimate of drug-likeness (QED) is 0.281. The van der Waals surface area contributed by atoms with Gasteiger partial charge in [0.25, 0.3) is 0 Å². The average molecular weight is 284 g/mol. The SMILES string of the molecule is CCCCC1OC1CCCCCCCC(=O)OCCC. The Morgan fingerprint density at radius 3 is 2.25 bits per heavy atom. The van der Waals surface area contributed by atoms with Gasteiger partial charge in [-0.25, -0.2) is 0 Å². The first-order chi connectivity index (χ1) is 9.77. The zero-order valence-electron chi connectivity index (χ0n) is 13.4. The van der Waals surface area contributed by atoms with E-state index in [0.29, 0.717) is 25.2 Å². The van der Waals surface area contributed by atoms with Gasteiger partial charge in [-0.1, -0.05) is 52.4 Å². The maximum atomic E-state index is 11.3. The summed E-state index contributed by atoms with van der Waals surface area (Å²) in [7, 11) is 0. The van der Waals surface area contributed by atoms with Crippen LogP contribution in [0, 0.1) is 0 Å². The van der Waals surface area contributed by atoms with Gasteiger partial charge in [0.15, 0.2) is 0 Å². The molecule has 1 fully saturated rings. The van der Waals surface area contributed by atoms with Crippen LogP contribution in [-0.2, 0) is 14.3 Å². The highest BCUT2D eigenvalue weighted by Crippen LogP contribution is 2.31. The summed E-state index contributed by atoms with van der Waals surface area (Å²) in [6, 6.07) is 0. The highest BCUT2D eigenvalue weighted by atomic mass is 16.6. The molecule has 0 aliphatic carbocycles. The van der Waals surface area contributed by atoms with Crippen molar-refractivity contribution in [1.29, 1.82) is 0 Å². The summed E-state index contributed by atoms with van der Waals surface area (Å²) >= 11 is 0. The van der Waals surface area contributed by atoms with Crippen LogP contribution in [0.3, 0.4) is 0 Å². The third-order valence-electron chi connectivity index (χ3n) is 3.87. The fourth-order valence-electron chi connectivity index (χ4n) is 2.53. The van der Waals surface area contributed by atoms with Crippen molar-refractivity contribution >= 4 is 5.97 Å². The van der Waals surface area contributed by atoms with Crippen molar-refractivity contribution in [2.75, 3.05) is 6.61 Å². The van der Waals surface area contributed by atoms with Crippen molar-refractivity contribution in [2.24, 2.45) is 0 Å². The van der Waals surface area contributed by atoms with Crippen molar-refractivity contribution in [2.45, 2.75) is 96.7 Å². The lowest BCUT2D eigenvalue weighted by molar-refractivity contribution is -0.143. The zero-order chi connectivity index (χ0) is 14.6. The van der Waals surface area contributed by atoms with E-state index in [1.54, 1.807) is 0 Å². The van der Waals surface area contributed by atoms with E-state index in [1.165, 1.54) is 44.9 Å². The topological polar surface area (TPSA) is 38.8 Å². The minimum Gasteiger partial charge on any atom is -0.466 e. The molecule has 3 nitrogen and oxygen atoms in total. The number of ether oxygens (including phenoxy) is 2. The molecule has 1 heterocycles. The highest BCUT2D eigenvalue weighted by molar-refractivity contribution is 5.69. The minimum absolute atomic E-state index is 0.0306. The fourth-order valence-corrected chi connectivity index (χ4v) is 2.53. The van der Waals surface area contributed by atoms with Crippen LogP contribution in [0.5, 0.6) is 0 Å². The summed E-state index contributed by atoms with van der Waals surface area (Å²) in [5.41, 5.74) is 0. The highest BCUT2D eigenvalue weighted by Gasteiger charge is 2.36. The molecule has 1 rings (SSSR count). The number of unbranched alkanes of at least 4 members (excludes halogenated alkanes) is 5. The number of hydrogen-bond donors (Lipinski definition) is 0. The van der Waals surface area contributed by atoms with Crippen LogP contribution in [0.15, 0.2) is 0 Å². The molecule has 0 saturated carbocycles. The van der Waals surface area contributed by atoms with Gasteiger partial charge >= 0.3 is 5.97 Å². The summed E-state index contributed by atoms with van der Waals surface area (Å²) in [5, 5.41) is 0. The Hall–Kier alpha value is -0.570. The molecule has 3 heteroatoms. The maximum Gasteiger partial charge on any atom is 0.305 e. The molecule has 118 valence electrons. The monoisotopic (exact) mass is 284 g/mol. The molecule has 0 N–H and O–H groups in total. The van der Waals surface area contributed by atoms with Crippen molar-refractivity contribution < 1.29 is 14.3 Å². The van der Waals surface area contributed by atoms with Gasteiger partial charge in [-0.2, -0.15) is 0 Å². The van der Waals surface area contributed by atoms with E-state index in [4.69, 9.17) is 9.47 Å². The maximum absolute atomic E-state index is 11.3. The molecule has 0 aromatic heterocycles. The van der Waals surface area contributed by atoms with Gasteiger partial charge in [-0.3, -0.25) is 4.79 Å². The van der Waals surface area contributed by atoms with Crippen LogP contribution < -0.4 is 0 Å². The van der Waals surface area contributed by atoms with E-state index < -0.39 is 0 Å². The van der Waals surface area contributed by atoms with Crippen molar-refractivity contribution in [3.8, 4) is 0 Å². The normalized spacial score (nSPS) is 20.9. The van der Waals surface area contributed by atoms with Gasteiger partial charge < -0.3 is 9.47 Å². The van der Waals surface area contributed by atoms with Gasteiger partial charge in [-0.15, -0.1) is 0 Å². The second kappa shape index (κ2) is 11.1. The molecule has 0 aromatic rings. The largest absolute Gasteiger partial charge is 0.466 e. The number of hydrogen-bond acceptors (Lipinski definition) is 3. The van der Waals surface area contributed by atoms with Crippen molar-refractivity contribution in [3.05, 3.63) is 0 Å². The third kappa shape index (κ3) is 8.57.